The Kier molecular flexibility index (Phi) is 4.86. The molecular formula is C15H18F3N3O4S. The summed E-state index contributed by atoms with van der Waals surface area (Å²) in [6, 6.07) is 2.49. The molecule has 1 aromatic rings. The van der Waals surface area contributed by atoms with Crippen molar-refractivity contribution in [1.82, 2.24) is 4.90 Å². The van der Waals surface area contributed by atoms with Crippen molar-refractivity contribution >= 4 is 21.2 Å². The number of hydrogen-bond acceptors (Lipinski definition) is 6. The zero-order chi connectivity index (χ0) is 19.1. The van der Waals surface area contributed by atoms with E-state index in [0.29, 0.717) is 38.7 Å². The van der Waals surface area contributed by atoms with Gasteiger partial charge >= 0.3 is 6.18 Å². The van der Waals surface area contributed by atoms with Gasteiger partial charge < -0.3 is 4.90 Å². The molecule has 2 aliphatic rings. The SMILES string of the molecule is O=[N+]([O-])c1cc(C(F)(F)F)ccc1N1CCN([C@@H]2CCS(=O)(=O)C2)CC1. The minimum atomic E-state index is -4.64. The number of benzene rings is 1. The molecule has 2 saturated heterocycles. The maximum Gasteiger partial charge on any atom is 0.416 e. The first kappa shape index (κ1) is 18.9. The maximum absolute atomic E-state index is 12.8. The van der Waals surface area contributed by atoms with Crippen LogP contribution in [0.4, 0.5) is 24.5 Å². The molecule has 7 nitrogen and oxygen atoms in total. The molecule has 26 heavy (non-hydrogen) atoms. The number of piperazine rings is 1. The molecule has 2 fully saturated rings. The molecule has 0 aromatic heterocycles. The number of sulfone groups is 1. The van der Waals surface area contributed by atoms with Gasteiger partial charge in [-0.1, -0.05) is 0 Å². The quantitative estimate of drug-likeness (QED) is 0.576. The lowest BCUT2D eigenvalue weighted by Crippen LogP contribution is -2.50. The van der Waals surface area contributed by atoms with E-state index in [1.165, 1.54) is 0 Å². The summed E-state index contributed by atoms with van der Waals surface area (Å²) < 4.78 is 61.6. The molecule has 3 rings (SSSR count). The van der Waals surface area contributed by atoms with E-state index in [0.717, 1.165) is 12.1 Å². The van der Waals surface area contributed by atoms with Crippen LogP contribution in [0.15, 0.2) is 18.2 Å². The Morgan fingerprint density at radius 1 is 1.15 bits per heavy atom. The van der Waals surface area contributed by atoms with Crippen molar-refractivity contribution in [2.45, 2.75) is 18.6 Å². The van der Waals surface area contributed by atoms with Crippen LogP contribution in [-0.2, 0) is 16.0 Å². The van der Waals surface area contributed by atoms with Crippen LogP contribution in [0.25, 0.3) is 0 Å². The fourth-order valence-corrected chi connectivity index (χ4v) is 5.27. The molecule has 2 heterocycles. The first-order valence-electron chi connectivity index (χ1n) is 8.12. The summed E-state index contributed by atoms with van der Waals surface area (Å²) in [5.41, 5.74) is -1.47. The molecule has 1 aromatic carbocycles. The number of anilines is 1. The molecule has 0 N–H and O–H groups in total. The number of nitrogens with zero attached hydrogens (tertiary/aromatic N) is 3. The van der Waals surface area contributed by atoms with Crippen LogP contribution in [0, 0.1) is 10.1 Å². The molecule has 11 heteroatoms. The average molecular weight is 393 g/mol. The highest BCUT2D eigenvalue weighted by Crippen LogP contribution is 2.37. The van der Waals surface area contributed by atoms with Gasteiger partial charge in [-0.15, -0.1) is 0 Å². The molecular weight excluding hydrogens is 375 g/mol. The number of rotatable bonds is 3. The van der Waals surface area contributed by atoms with Crippen molar-refractivity contribution in [3.63, 3.8) is 0 Å². The lowest BCUT2D eigenvalue weighted by atomic mass is 10.1. The molecule has 0 saturated carbocycles. The number of nitro groups is 1. The van der Waals surface area contributed by atoms with Gasteiger partial charge in [0.2, 0.25) is 0 Å². The first-order valence-corrected chi connectivity index (χ1v) is 9.94. The molecule has 2 aliphatic heterocycles. The topological polar surface area (TPSA) is 83.8 Å². The summed E-state index contributed by atoms with van der Waals surface area (Å²) in [7, 11) is -3.00. The fraction of sp³-hybridized carbons (Fsp3) is 0.600. The van der Waals surface area contributed by atoms with E-state index in [-0.39, 0.29) is 23.2 Å². The molecule has 0 bridgehead atoms. The Morgan fingerprint density at radius 3 is 2.31 bits per heavy atom. The minimum absolute atomic E-state index is 0.0512. The second kappa shape index (κ2) is 6.69. The number of alkyl halides is 3. The predicted octanol–water partition coefficient (Wildman–Crippen LogP) is 1.92. The highest BCUT2D eigenvalue weighted by molar-refractivity contribution is 7.91. The van der Waals surface area contributed by atoms with E-state index >= 15 is 0 Å². The van der Waals surface area contributed by atoms with Crippen LogP contribution in [0.3, 0.4) is 0 Å². The standard InChI is InChI=1S/C15H18F3N3O4S/c16-15(17,18)11-1-2-13(14(9-11)21(22)23)20-6-4-19(5-7-20)12-3-8-26(24,25)10-12/h1-2,9,12H,3-8,10H2/t12-/m1/s1. The van der Waals surface area contributed by atoms with Crippen molar-refractivity contribution in [2.24, 2.45) is 0 Å². The lowest BCUT2D eigenvalue weighted by molar-refractivity contribution is -0.384. The lowest BCUT2D eigenvalue weighted by Gasteiger charge is -2.38. The number of halogens is 3. The maximum atomic E-state index is 12.8. The van der Waals surface area contributed by atoms with E-state index in [1.54, 1.807) is 4.90 Å². The van der Waals surface area contributed by atoms with Gasteiger partial charge in [-0.05, 0) is 18.6 Å². The first-order chi connectivity index (χ1) is 12.1. The van der Waals surface area contributed by atoms with Crippen molar-refractivity contribution in [1.29, 1.82) is 0 Å². The number of hydrogen-bond donors (Lipinski definition) is 0. The van der Waals surface area contributed by atoms with Gasteiger partial charge in [0.25, 0.3) is 5.69 Å². The van der Waals surface area contributed by atoms with Crippen LogP contribution in [0.5, 0.6) is 0 Å². The Balaban J connectivity index is 1.74. The Morgan fingerprint density at radius 2 is 1.81 bits per heavy atom. The Labute approximate surface area is 148 Å². The van der Waals surface area contributed by atoms with Gasteiger partial charge in [0.05, 0.1) is 22.0 Å². The summed E-state index contributed by atoms with van der Waals surface area (Å²) in [4.78, 5) is 14.1. The third-order valence-corrected chi connectivity index (χ3v) is 6.63. The normalized spacial score (nSPS) is 24.0. The van der Waals surface area contributed by atoms with Crippen molar-refractivity contribution in [3.8, 4) is 0 Å². The van der Waals surface area contributed by atoms with Gasteiger partial charge in [0.1, 0.15) is 5.69 Å². The van der Waals surface area contributed by atoms with E-state index in [1.807, 2.05) is 4.90 Å². The van der Waals surface area contributed by atoms with Crippen LogP contribution < -0.4 is 4.90 Å². The molecule has 0 spiro atoms. The number of nitro benzene ring substituents is 1. The average Bonchev–Trinajstić information content (AvgIpc) is 2.93. The summed E-state index contributed by atoms with van der Waals surface area (Å²) in [6.45, 7) is 1.81. The fourth-order valence-electron chi connectivity index (χ4n) is 3.50. The van der Waals surface area contributed by atoms with Crippen LogP contribution >= 0.6 is 0 Å². The Bertz CT molecular complexity index is 805. The molecule has 0 unspecified atom stereocenters. The molecule has 0 amide bonds. The van der Waals surface area contributed by atoms with Crippen LogP contribution in [0.1, 0.15) is 12.0 Å². The van der Waals surface area contributed by atoms with Crippen molar-refractivity contribution in [3.05, 3.63) is 33.9 Å². The van der Waals surface area contributed by atoms with E-state index in [4.69, 9.17) is 0 Å². The third-order valence-electron chi connectivity index (χ3n) is 4.88. The highest BCUT2D eigenvalue weighted by atomic mass is 32.2. The van der Waals surface area contributed by atoms with Gasteiger partial charge in [0, 0.05) is 38.3 Å². The predicted molar refractivity (Wildman–Crippen MR) is 88.9 cm³/mol. The zero-order valence-electron chi connectivity index (χ0n) is 13.8. The van der Waals surface area contributed by atoms with Crippen molar-refractivity contribution < 1.29 is 26.5 Å². The summed E-state index contributed by atoms with van der Waals surface area (Å²) in [5.74, 6) is 0.287. The Hall–Kier alpha value is -1.88. The molecule has 0 aliphatic carbocycles. The monoisotopic (exact) mass is 393 g/mol. The third kappa shape index (κ3) is 3.93. The summed E-state index contributed by atoms with van der Waals surface area (Å²) >= 11 is 0. The van der Waals surface area contributed by atoms with Gasteiger partial charge in [-0.3, -0.25) is 15.0 Å². The zero-order valence-corrected chi connectivity index (χ0v) is 14.6. The molecule has 0 radical (unpaired) electrons. The summed E-state index contributed by atoms with van der Waals surface area (Å²) in [6.07, 6.45) is -4.07. The van der Waals surface area contributed by atoms with Gasteiger partial charge in [-0.25, -0.2) is 8.42 Å². The van der Waals surface area contributed by atoms with E-state index in [2.05, 4.69) is 0 Å². The molecule has 144 valence electrons. The van der Waals surface area contributed by atoms with E-state index in [9.17, 15) is 31.7 Å². The van der Waals surface area contributed by atoms with Crippen LogP contribution in [0.2, 0.25) is 0 Å². The van der Waals surface area contributed by atoms with Gasteiger partial charge in [0.15, 0.2) is 9.84 Å². The minimum Gasteiger partial charge on any atom is -0.363 e. The van der Waals surface area contributed by atoms with Crippen LogP contribution in [-0.4, -0.2) is 62.0 Å². The van der Waals surface area contributed by atoms with Crippen molar-refractivity contribution in [2.75, 3.05) is 42.6 Å². The van der Waals surface area contributed by atoms with E-state index < -0.39 is 32.2 Å². The second-order valence-electron chi connectivity index (χ2n) is 6.54. The van der Waals surface area contributed by atoms with Gasteiger partial charge in [-0.2, -0.15) is 13.2 Å². The smallest absolute Gasteiger partial charge is 0.363 e. The second-order valence-corrected chi connectivity index (χ2v) is 8.77. The highest BCUT2D eigenvalue weighted by Gasteiger charge is 2.36. The summed E-state index contributed by atoms with van der Waals surface area (Å²) in [5, 5.41) is 11.2. The molecule has 1 atom stereocenters. The largest absolute Gasteiger partial charge is 0.416 e.